The molecule has 4 aromatic rings. The number of carbonyl (C=O) groups excluding carboxylic acids is 11. The number of nitrogens with zero attached hydrogens (tertiary/aromatic N) is 8. The van der Waals surface area contributed by atoms with Crippen LogP contribution in [0.5, 0.6) is 0 Å². The van der Waals surface area contributed by atoms with Crippen LogP contribution in [-0.4, -0.2) is 212 Å². The molecule has 11 rings (SSSR count). The molecule has 34 nitrogen and oxygen atoms in total. The number of carbonyl (C=O) groups is 12. The lowest BCUT2D eigenvalue weighted by atomic mass is 10.0. The quantitative estimate of drug-likeness (QED) is 0.0502. The third-order valence-electron chi connectivity index (χ3n) is 16.1. The highest BCUT2D eigenvalue weighted by Gasteiger charge is 2.43. The summed E-state index contributed by atoms with van der Waals surface area (Å²) < 4.78 is 0. The van der Waals surface area contributed by atoms with Gasteiger partial charge in [-0.05, 0) is 65.5 Å². The number of carboxylic acid groups (broad SMARTS) is 1. The summed E-state index contributed by atoms with van der Waals surface area (Å²) in [6.07, 6.45) is 2.32. The van der Waals surface area contributed by atoms with E-state index in [1.165, 1.54) is 107 Å². The largest absolute Gasteiger partial charge is 0.480 e. The maximum absolute atomic E-state index is 15.0. The zero-order chi connectivity index (χ0) is 73.3. The number of fused-ring (bicyclic) bond motifs is 8. The topological polar surface area (TPSA) is 513 Å². The summed E-state index contributed by atoms with van der Waals surface area (Å²) in [7, 11) is 0. The van der Waals surface area contributed by atoms with Crippen molar-refractivity contribution in [2.24, 2.45) is 26.4 Å². The third kappa shape index (κ3) is 18.1. The van der Waals surface area contributed by atoms with Crippen molar-refractivity contribution in [3.05, 3.63) is 86.1 Å². The van der Waals surface area contributed by atoms with Crippen molar-refractivity contribution in [1.82, 2.24) is 78.0 Å². The molecule has 7 aliphatic rings. The summed E-state index contributed by atoms with van der Waals surface area (Å²) in [5.74, 6) is -11.8. The zero-order valence-electron chi connectivity index (χ0n) is 54.8. The molecule has 11 heterocycles. The Morgan fingerprint density at radius 3 is 2.01 bits per heavy atom. The third-order valence-corrected chi connectivity index (χ3v) is 23.4. The smallest absolute Gasteiger partial charge is 0.327 e. The predicted molar refractivity (Wildman–Crippen MR) is 388 cm³/mol. The van der Waals surface area contributed by atoms with E-state index in [4.69, 9.17) is 36.8 Å². The van der Waals surface area contributed by atoms with Gasteiger partial charge in [0, 0.05) is 52.2 Å². The SMILES string of the molecule is C=C1NC(=O)[C@@H]2CSC(=N2)c2csc(n2)-c2ccc3c(n2)C(C)NC(=O)[C@@H]2CCCN2C(=O)/C(=C\C)NC(=O)CNC(=O)[C@H](CCCNC(=N)N)NC(=O)C(C)(NC(=O)/C(=C/C)NC(=O)[C@H]2CSC(=N2)C(CC(N)=O)NC3=O)SC[C@@H](C(=O)O)NC(=O)[C@H]2CSC(=N2)c2csc(n2)-c2csc1n2. The van der Waals surface area contributed by atoms with E-state index in [-0.39, 0.29) is 83.0 Å². The van der Waals surface area contributed by atoms with Crippen LogP contribution < -0.4 is 64.6 Å². The Balaban J connectivity index is 1.05. The Bertz CT molecular complexity index is 4280. The number of allylic oxidation sites excluding steroid dienone is 2. The lowest BCUT2D eigenvalue weighted by Gasteiger charge is -2.32. The maximum atomic E-state index is 15.0. The Morgan fingerprint density at radius 2 is 1.34 bits per heavy atom. The van der Waals surface area contributed by atoms with Crippen molar-refractivity contribution < 1.29 is 62.6 Å². The highest BCUT2D eigenvalue weighted by molar-refractivity contribution is 8.15. The predicted octanol–water partition coefficient (Wildman–Crippen LogP) is 0.0186. The highest BCUT2D eigenvalue weighted by Crippen LogP contribution is 2.35. The summed E-state index contributed by atoms with van der Waals surface area (Å²) in [6, 6.07) is -7.15. The number of hydrogen-bond donors (Lipinski definition) is 14. The number of aromatic nitrogens is 4. The van der Waals surface area contributed by atoms with Gasteiger partial charge in [-0.3, -0.25) is 73.1 Å². The monoisotopic (exact) mass is 1530 g/mol. The van der Waals surface area contributed by atoms with E-state index in [1.807, 2.05) is 0 Å². The van der Waals surface area contributed by atoms with E-state index in [9.17, 15) is 57.8 Å². The standard InChI is InChI=1S/C61H69N21O13S7/c1-6-28-49(90)81-61(5)59(95)80-30(10-8-14-65-60(63)64)45(86)66-17-42(84)69-29(7-2)57(92)82-15-9-11-40(82)50(91)67-25(3)43-27(44(85)72-32(16-41(62)83)53-74-34(19-97-53)47(88)71-28)12-13-31(70-43)52-78-37(22-100-52)54-75-33(18-98-54)46(87)68-26(4)51-77-36(21-96-51)56-79-38(23-101-56)55-76-35(20-99-55)48(89)73-39(24-102-61)58(93)94/h6-7,12-13,21-23,25,30,32-35,39-40H,4,8-11,14-20,24H2,1-3,5H3,(H2,62,83)(H,66,86)(H,67,91)(H,68,87)(H,69,84)(H,71,88)(H,72,85)(H,73,89)(H,80,95)(H,81,90)(H,93,94)(H4,63,64,65)/b28-6-,29-7+/t25?,30-,32?,33-,34+,35+,39-,40-,61?/m0/s1. The molecule has 0 spiro atoms. The lowest BCUT2D eigenvalue weighted by molar-refractivity contribution is -0.141. The summed E-state index contributed by atoms with van der Waals surface area (Å²) in [4.78, 5) is 201. The maximum Gasteiger partial charge on any atom is 0.327 e. The van der Waals surface area contributed by atoms with Crippen molar-refractivity contribution >= 4 is 179 Å². The first kappa shape index (κ1) is 75.2. The number of hydrogen-bond acceptors (Lipinski definition) is 27. The van der Waals surface area contributed by atoms with E-state index in [2.05, 4.69) is 74.7 Å². The molecule has 11 amide bonds. The Labute approximate surface area is 610 Å². The fourth-order valence-corrected chi connectivity index (χ4v) is 17.5. The van der Waals surface area contributed by atoms with Crippen LogP contribution >= 0.6 is 81.1 Å². The molecule has 0 aromatic carbocycles. The summed E-state index contributed by atoms with van der Waals surface area (Å²) in [5, 5.41) is 51.8. The van der Waals surface area contributed by atoms with Gasteiger partial charge < -0.3 is 74.6 Å². The number of aliphatic carboxylic acids is 1. The minimum absolute atomic E-state index is 0.000233. The number of thiazole rings is 3. The Kier molecular flexibility index (Phi) is 24.4. The minimum atomic E-state index is -2.31. The summed E-state index contributed by atoms with van der Waals surface area (Å²) >= 11 is 7.63. The average molecular weight is 1530 g/mol. The van der Waals surface area contributed by atoms with Crippen molar-refractivity contribution in [3.8, 4) is 21.4 Å². The number of carboxylic acids is 1. The molecule has 102 heavy (non-hydrogen) atoms. The molecule has 1 fully saturated rings. The fraction of sp³-hybridized carbons (Fsp3) is 0.410. The molecule has 41 heteroatoms. The van der Waals surface area contributed by atoms with Crippen LogP contribution in [0, 0.1) is 5.41 Å². The first-order valence-electron chi connectivity index (χ1n) is 31.5. The number of nitrogens with two attached hydrogens (primary N) is 2. The average Bonchev–Trinajstić information content (AvgIpc) is 1.71. The summed E-state index contributed by atoms with van der Waals surface area (Å²) in [5.41, 5.74) is 12.2. The van der Waals surface area contributed by atoms with Gasteiger partial charge in [-0.15, -0.1) is 81.1 Å². The van der Waals surface area contributed by atoms with Crippen LogP contribution in [0.4, 0.5) is 0 Å². The lowest BCUT2D eigenvalue weighted by Crippen LogP contribution is -2.60. The molecule has 16 N–H and O–H groups in total. The molecular formula is C61H69N21O13S7. The van der Waals surface area contributed by atoms with Gasteiger partial charge in [0.05, 0.1) is 52.7 Å². The molecule has 0 radical (unpaired) electrons. The van der Waals surface area contributed by atoms with E-state index in [1.54, 1.807) is 23.1 Å². The second-order valence-electron chi connectivity index (χ2n) is 23.5. The number of nitrogens with one attached hydrogen (secondary N) is 11. The van der Waals surface area contributed by atoms with Gasteiger partial charge >= 0.3 is 5.97 Å². The molecular weight excluding hydrogens is 1460 g/mol. The Hall–Kier alpha value is -9.42. The number of thioether (sulfide) groups is 4. The number of guanidine groups is 1. The van der Waals surface area contributed by atoms with Gasteiger partial charge in [0.1, 0.15) is 89.8 Å². The van der Waals surface area contributed by atoms with Crippen molar-refractivity contribution in [3.63, 3.8) is 0 Å². The van der Waals surface area contributed by atoms with Gasteiger partial charge in [-0.2, -0.15) is 0 Å². The number of amides is 11. The van der Waals surface area contributed by atoms with Crippen LogP contribution in [0.3, 0.4) is 0 Å². The van der Waals surface area contributed by atoms with E-state index < -0.39 is 155 Å². The first-order valence-corrected chi connectivity index (χ1v) is 38.1. The molecule has 7 aliphatic heterocycles. The molecule has 0 aliphatic carbocycles. The van der Waals surface area contributed by atoms with Crippen LogP contribution in [0.2, 0.25) is 0 Å². The molecule has 0 saturated carbocycles. The van der Waals surface area contributed by atoms with Crippen LogP contribution in [0.25, 0.3) is 27.1 Å². The summed E-state index contributed by atoms with van der Waals surface area (Å²) in [6.45, 7) is 8.94. The molecule has 1 saturated heterocycles. The Morgan fingerprint density at radius 1 is 0.716 bits per heavy atom. The van der Waals surface area contributed by atoms with Gasteiger partial charge in [0.15, 0.2) is 10.8 Å². The number of pyridine rings is 1. The van der Waals surface area contributed by atoms with Crippen LogP contribution in [-0.2, 0) is 52.7 Å². The van der Waals surface area contributed by atoms with Crippen LogP contribution in [0.1, 0.15) is 98.3 Å². The highest BCUT2D eigenvalue weighted by atomic mass is 32.2. The minimum Gasteiger partial charge on any atom is -0.480 e. The van der Waals surface area contributed by atoms with Crippen molar-refractivity contribution in [2.75, 3.05) is 42.6 Å². The number of primary amides is 1. The normalized spacial score (nSPS) is 26.1. The molecule has 16 bridgehead atoms. The van der Waals surface area contributed by atoms with Gasteiger partial charge in [-0.1, -0.05) is 18.7 Å². The molecule has 3 unspecified atom stereocenters. The molecule has 9 atom stereocenters. The van der Waals surface area contributed by atoms with E-state index >= 15 is 4.79 Å². The van der Waals surface area contributed by atoms with Crippen molar-refractivity contribution in [2.45, 2.75) is 113 Å². The van der Waals surface area contributed by atoms with Gasteiger partial charge in [0.25, 0.3) is 23.6 Å². The molecule has 4 aromatic heterocycles. The van der Waals surface area contributed by atoms with Gasteiger partial charge in [-0.25, -0.2) is 24.7 Å². The number of rotatable bonds is 7. The van der Waals surface area contributed by atoms with Crippen LogP contribution in [0.15, 0.2) is 73.4 Å². The fourth-order valence-electron chi connectivity index (χ4n) is 10.8. The first-order chi connectivity index (χ1) is 48.7. The second kappa shape index (κ2) is 33.1. The van der Waals surface area contributed by atoms with E-state index in [0.29, 0.717) is 60.4 Å². The van der Waals surface area contributed by atoms with Gasteiger partial charge in [0.2, 0.25) is 41.4 Å². The molecule has 538 valence electrons. The number of aliphatic imine (C=N–C) groups is 3. The second-order valence-corrected chi connectivity index (χ2v) is 30.5. The zero-order valence-corrected chi connectivity index (χ0v) is 60.5. The van der Waals surface area contributed by atoms with E-state index in [0.717, 1.165) is 11.8 Å². The van der Waals surface area contributed by atoms with Crippen molar-refractivity contribution in [1.29, 1.82) is 5.41 Å².